The summed E-state index contributed by atoms with van der Waals surface area (Å²) >= 11 is 0. The highest BCUT2D eigenvalue weighted by atomic mass is 35.5. The molecule has 8 heteroatoms. The standard InChI is InChI=1S/C18H19F3N2O2.ClH/c1-3-25-17(24)23-8-6-13-11(2)14-10-12(18(19,20)21)4-5-15(14)22-16(13)7-9-23;/h4-5,10H,3,6-9H2,1-2H3;1H. The molecule has 0 atom stereocenters. The molecular formula is C18H20ClF3N2O2. The zero-order valence-electron chi connectivity index (χ0n) is 14.5. The number of fused-ring (bicyclic) bond motifs is 2. The Hall–Kier alpha value is -2.02. The van der Waals surface area contributed by atoms with Gasteiger partial charge in [0.25, 0.3) is 0 Å². The van der Waals surface area contributed by atoms with Crippen LogP contribution in [0.25, 0.3) is 10.9 Å². The van der Waals surface area contributed by atoms with Crippen LogP contribution >= 0.6 is 12.4 Å². The van der Waals surface area contributed by atoms with E-state index in [1.165, 1.54) is 6.07 Å². The Morgan fingerprint density at radius 3 is 2.62 bits per heavy atom. The first-order chi connectivity index (χ1) is 11.8. The number of carbonyl (C=O) groups excluding carboxylic acids is 1. The van der Waals surface area contributed by atoms with Crippen LogP contribution in [0.5, 0.6) is 0 Å². The molecule has 0 saturated carbocycles. The molecule has 142 valence electrons. The summed E-state index contributed by atoms with van der Waals surface area (Å²) in [6, 6.07) is 3.63. The molecule has 3 rings (SSSR count). The number of ether oxygens (including phenoxy) is 1. The van der Waals surface area contributed by atoms with Gasteiger partial charge in [0, 0.05) is 30.6 Å². The van der Waals surface area contributed by atoms with Crippen LogP contribution < -0.4 is 0 Å². The Morgan fingerprint density at radius 2 is 1.96 bits per heavy atom. The van der Waals surface area contributed by atoms with Crippen molar-refractivity contribution < 1.29 is 22.7 Å². The van der Waals surface area contributed by atoms with Gasteiger partial charge in [-0.1, -0.05) is 0 Å². The molecule has 0 aliphatic carbocycles. The second-order valence-corrected chi connectivity index (χ2v) is 6.08. The largest absolute Gasteiger partial charge is 0.450 e. The third-order valence-electron chi connectivity index (χ3n) is 4.56. The monoisotopic (exact) mass is 388 g/mol. The molecule has 0 unspecified atom stereocenters. The first kappa shape index (κ1) is 20.3. The number of rotatable bonds is 1. The lowest BCUT2D eigenvalue weighted by atomic mass is 9.97. The summed E-state index contributed by atoms with van der Waals surface area (Å²) in [4.78, 5) is 18.1. The summed E-state index contributed by atoms with van der Waals surface area (Å²) in [6.07, 6.45) is -3.63. The molecule has 1 aliphatic heterocycles. The minimum Gasteiger partial charge on any atom is -0.450 e. The molecule has 0 radical (unpaired) electrons. The highest BCUT2D eigenvalue weighted by Crippen LogP contribution is 2.33. The second kappa shape index (κ2) is 7.70. The number of hydrogen-bond acceptors (Lipinski definition) is 3. The molecule has 2 aromatic rings. The number of pyridine rings is 1. The van der Waals surface area contributed by atoms with Gasteiger partial charge in [0.05, 0.1) is 17.7 Å². The third kappa shape index (κ3) is 3.87. The van der Waals surface area contributed by atoms with Gasteiger partial charge in [0.1, 0.15) is 0 Å². The number of halogens is 4. The minimum atomic E-state index is -4.38. The number of aryl methyl sites for hydroxylation is 1. The SMILES string of the molecule is CCOC(=O)N1CCc2nc3ccc(C(F)(F)F)cc3c(C)c2CC1.Cl. The maximum absolute atomic E-state index is 13.0. The maximum Gasteiger partial charge on any atom is 0.416 e. The van der Waals surface area contributed by atoms with Crippen LogP contribution in [0.3, 0.4) is 0 Å². The normalized spacial score (nSPS) is 14.4. The van der Waals surface area contributed by atoms with E-state index in [0.717, 1.165) is 29.0 Å². The number of benzene rings is 1. The van der Waals surface area contributed by atoms with Crippen molar-refractivity contribution in [2.75, 3.05) is 19.7 Å². The Balaban J connectivity index is 0.00000243. The van der Waals surface area contributed by atoms with Crippen LogP contribution in [0, 0.1) is 6.92 Å². The predicted octanol–water partition coefficient (Wildman–Crippen LogP) is 4.54. The van der Waals surface area contributed by atoms with Crippen LogP contribution in [-0.2, 0) is 23.8 Å². The first-order valence-electron chi connectivity index (χ1n) is 8.22. The summed E-state index contributed by atoms with van der Waals surface area (Å²) < 4.78 is 44.0. The van der Waals surface area contributed by atoms with Crippen molar-refractivity contribution in [1.82, 2.24) is 9.88 Å². The molecule has 0 fully saturated rings. The fraction of sp³-hybridized carbons (Fsp3) is 0.444. The molecule has 4 nitrogen and oxygen atoms in total. The van der Waals surface area contributed by atoms with Gasteiger partial charge in [0.15, 0.2) is 0 Å². The lowest BCUT2D eigenvalue weighted by molar-refractivity contribution is -0.137. The van der Waals surface area contributed by atoms with Crippen molar-refractivity contribution in [2.45, 2.75) is 32.9 Å². The van der Waals surface area contributed by atoms with Crippen molar-refractivity contribution >= 4 is 29.4 Å². The van der Waals surface area contributed by atoms with E-state index in [4.69, 9.17) is 4.74 Å². The molecule has 1 aliphatic rings. The summed E-state index contributed by atoms with van der Waals surface area (Å²) in [5.41, 5.74) is 2.45. The van der Waals surface area contributed by atoms with Crippen molar-refractivity contribution in [2.24, 2.45) is 0 Å². The Labute approximate surface area is 155 Å². The van der Waals surface area contributed by atoms with Gasteiger partial charge in [-0.2, -0.15) is 13.2 Å². The average molecular weight is 389 g/mol. The van der Waals surface area contributed by atoms with E-state index in [-0.39, 0.29) is 18.5 Å². The number of nitrogens with zero attached hydrogens (tertiary/aromatic N) is 2. The topological polar surface area (TPSA) is 42.4 Å². The number of hydrogen-bond donors (Lipinski definition) is 0. The predicted molar refractivity (Wildman–Crippen MR) is 94.7 cm³/mol. The molecular weight excluding hydrogens is 369 g/mol. The van der Waals surface area contributed by atoms with Crippen LogP contribution in [0.4, 0.5) is 18.0 Å². The van der Waals surface area contributed by atoms with Gasteiger partial charge in [-0.25, -0.2) is 4.79 Å². The average Bonchev–Trinajstić information content (AvgIpc) is 2.77. The van der Waals surface area contributed by atoms with Crippen molar-refractivity contribution in [3.63, 3.8) is 0 Å². The molecule has 2 heterocycles. The van der Waals surface area contributed by atoms with Crippen molar-refractivity contribution in [1.29, 1.82) is 0 Å². The first-order valence-corrected chi connectivity index (χ1v) is 8.22. The van der Waals surface area contributed by atoms with E-state index in [1.807, 2.05) is 6.92 Å². The van der Waals surface area contributed by atoms with Gasteiger partial charge < -0.3 is 9.64 Å². The molecule has 0 N–H and O–H groups in total. The van der Waals surface area contributed by atoms with Crippen LogP contribution in [0.15, 0.2) is 18.2 Å². The summed E-state index contributed by atoms with van der Waals surface area (Å²) in [6.45, 7) is 4.84. The fourth-order valence-electron chi connectivity index (χ4n) is 3.24. The number of amides is 1. The Bertz CT molecular complexity index is 824. The number of alkyl halides is 3. The van der Waals surface area contributed by atoms with Gasteiger partial charge in [0.2, 0.25) is 0 Å². The highest BCUT2D eigenvalue weighted by molar-refractivity contribution is 5.85. The van der Waals surface area contributed by atoms with Gasteiger partial charge in [-0.15, -0.1) is 12.4 Å². The lowest BCUT2D eigenvalue weighted by Crippen LogP contribution is -2.33. The smallest absolute Gasteiger partial charge is 0.416 e. The van der Waals surface area contributed by atoms with E-state index in [1.54, 1.807) is 11.8 Å². The molecule has 0 spiro atoms. The molecule has 1 aromatic heterocycles. The maximum atomic E-state index is 13.0. The Kier molecular flexibility index (Phi) is 6.01. The van der Waals surface area contributed by atoms with Crippen LogP contribution in [-0.4, -0.2) is 35.7 Å². The zero-order valence-corrected chi connectivity index (χ0v) is 15.3. The molecule has 26 heavy (non-hydrogen) atoms. The number of carbonyl (C=O) groups is 1. The van der Waals surface area contributed by atoms with E-state index in [9.17, 15) is 18.0 Å². The summed E-state index contributed by atoms with van der Waals surface area (Å²) in [7, 11) is 0. The Morgan fingerprint density at radius 1 is 1.27 bits per heavy atom. The lowest BCUT2D eigenvalue weighted by Gasteiger charge is -2.18. The quantitative estimate of drug-likeness (QED) is 0.720. The molecule has 0 bridgehead atoms. The van der Waals surface area contributed by atoms with E-state index in [0.29, 0.717) is 43.4 Å². The van der Waals surface area contributed by atoms with E-state index in [2.05, 4.69) is 4.98 Å². The summed E-state index contributed by atoms with van der Waals surface area (Å²) in [5.74, 6) is 0. The van der Waals surface area contributed by atoms with Crippen LogP contribution in [0.2, 0.25) is 0 Å². The molecule has 1 amide bonds. The van der Waals surface area contributed by atoms with Crippen molar-refractivity contribution in [3.05, 3.63) is 40.6 Å². The van der Waals surface area contributed by atoms with Gasteiger partial charge in [-0.05, 0) is 49.6 Å². The fourth-order valence-corrected chi connectivity index (χ4v) is 3.24. The number of aromatic nitrogens is 1. The summed E-state index contributed by atoms with van der Waals surface area (Å²) in [5, 5.41) is 0.512. The second-order valence-electron chi connectivity index (χ2n) is 6.08. The molecule has 1 aromatic carbocycles. The zero-order chi connectivity index (χ0) is 18.2. The minimum absolute atomic E-state index is 0. The van der Waals surface area contributed by atoms with E-state index >= 15 is 0 Å². The van der Waals surface area contributed by atoms with Crippen molar-refractivity contribution in [3.8, 4) is 0 Å². The van der Waals surface area contributed by atoms with E-state index < -0.39 is 11.7 Å². The third-order valence-corrected chi connectivity index (χ3v) is 4.56. The van der Waals surface area contributed by atoms with Crippen LogP contribution in [0.1, 0.15) is 29.3 Å². The molecule has 0 saturated heterocycles. The van der Waals surface area contributed by atoms with Gasteiger partial charge >= 0.3 is 12.3 Å². The highest BCUT2D eigenvalue weighted by Gasteiger charge is 2.31. The van der Waals surface area contributed by atoms with Gasteiger partial charge in [-0.3, -0.25) is 4.98 Å².